The van der Waals surface area contributed by atoms with Gasteiger partial charge < -0.3 is 9.80 Å². The lowest BCUT2D eigenvalue weighted by molar-refractivity contribution is -0.131. The Kier molecular flexibility index (Phi) is 4.10. The number of likely N-dealkylation sites (tertiary alicyclic amines) is 1. The highest BCUT2D eigenvalue weighted by atomic mass is 16.2. The Balaban J connectivity index is 1.85. The first kappa shape index (κ1) is 15.2. The van der Waals surface area contributed by atoms with Gasteiger partial charge in [0.2, 0.25) is 11.9 Å². The molecule has 1 aliphatic rings. The van der Waals surface area contributed by atoms with Gasteiger partial charge in [0.15, 0.2) is 5.65 Å². The highest BCUT2D eigenvalue weighted by Crippen LogP contribution is 2.25. The van der Waals surface area contributed by atoms with E-state index in [9.17, 15) is 4.79 Å². The van der Waals surface area contributed by atoms with Crippen LogP contribution < -0.4 is 4.90 Å². The smallest absolute Gasteiger partial charge is 0.236 e. The Morgan fingerprint density at radius 1 is 1.52 bits per heavy atom. The Labute approximate surface area is 134 Å². The molecule has 0 saturated carbocycles. The number of piperidine rings is 1. The second-order valence-corrected chi connectivity index (χ2v) is 5.89. The molecule has 2 aromatic heterocycles. The van der Waals surface area contributed by atoms with Crippen molar-refractivity contribution < 1.29 is 4.79 Å². The maximum atomic E-state index is 12.0. The van der Waals surface area contributed by atoms with E-state index in [1.54, 1.807) is 15.6 Å². The number of amides is 1. The molecule has 1 amide bonds. The zero-order valence-electron chi connectivity index (χ0n) is 13.3. The molecule has 120 valence electrons. The number of carbonyl (C=O) groups is 1. The number of aromatic nitrogens is 4. The molecule has 3 rings (SSSR count). The van der Waals surface area contributed by atoms with Crippen molar-refractivity contribution in [3.63, 3.8) is 0 Å². The number of likely N-dealkylation sites (N-methyl/N-ethyl adjacent to an activating group) is 1. The van der Waals surface area contributed by atoms with Gasteiger partial charge in [0.25, 0.3) is 0 Å². The van der Waals surface area contributed by atoms with Crippen LogP contribution in [0.15, 0.2) is 18.6 Å². The molecule has 0 bridgehead atoms. The van der Waals surface area contributed by atoms with E-state index in [1.807, 2.05) is 19.2 Å². The van der Waals surface area contributed by atoms with Crippen LogP contribution in [-0.2, 0) is 4.79 Å². The van der Waals surface area contributed by atoms with Crippen molar-refractivity contribution in [3.05, 3.63) is 18.6 Å². The molecular formula is C15H19N7O. The number of carbonyl (C=O) groups excluding carboxylic acids is 1. The normalized spacial score (nSPS) is 21.2. The van der Waals surface area contributed by atoms with E-state index in [0.717, 1.165) is 12.1 Å². The van der Waals surface area contributed by atoms with Gasteiger partial charge in [0.05, 0.1) is 18.3 Å². The van der Waals surface area contributed by atoms with Gasteiger partial charge in [-0.25, -0.2) is 9.97 Å². The summed E-state index contributed by atoms with van der Waals surface area (Å²) in [6.45, 7) is 3.46. The number of rotatable bonds is 3. The minimum Gasteiger partial charge on any atom is -0.340 e. The highest BCUT2D eigenvalue weighted by Gasteiger charge is 2.32. The fourth-order valence-corrected chi connectivity index (χ4v) is 3.09. The van der Waals surface area contributed by atoms with Gasteiger partial charge >= 0.3 is 0 Å². The van der Waals surface area contributed by atoms with Crippen molar-refractivity contribution in [1.82, 2.24) is 24.5 Å². The van der Waals surface area contributed by atoms with Gasteiger partial charge in [-0.2, -0.15) is 14.9 Å². The SMILES string of the molecule is C[C@@H]1CCN(C(=O)CC#N)C[C@@H]1N(C)c1ncnc2ccnn12. The fourth-order valence-electron chi connectivity index (χ4n) is 3.09. The molecule has 3 heterocycles. The number of hydrogen-bond donors (Lipinski definition) is 0. The molecule has 8 heteroatoms. The van der Waals surface area contributed by atoms with Gasteiger partial charge in [-0.1, -0.05) is 6.92 Å². The van der Waals surface area contributed by atoms with E-state index in [2.05, 4.69) is 26.9 Å². The molecule has 8 nitrogen and oxygen atoms in total. The fraction of sp³-hybridized carbons (Fsp3) is 0.533. The average molecular weight is 313 g/mol. The Morgan fingerprint density at radius 2 is 2.35 bits per heavy atom. The third-order valence-corrected chi connectivity index (χ3v) is 4.49. The zero-order valence-corrected chi connectivity index (χ0v) is 13.3. The van der Waals surface area contributed by atoms with Gasteiger partial charge in [0.1, 0.15) is 12.7 Å². The number of anilines is 1. The predicted molar refractivity (Wildman–Crippen MR) is 83.6 cm³/mol. The summed E-state index contributed by atoms with van der Waals surface area (Å²) in [5.41, 5.74) is 0.739. The lowest BCUT2D eigenvalue weighted by Crippen LogP contribution is -2.53. The zero-order chi connectivity index (χ0) is 16.4. The number of hydrogen-bond acceptors (Lipinski definition) is 6. The topological polar surface area (TPSA) is 90.4 Å². The lowest BCUT2D eigenvalue weighted by Gasteiger charge is -2.41. The van der Waals surface area contributed by atoms with E-state index in [0.29, 0.717) is 25.0 Å². The first-order valence-corrected chi connectivity index (χ1v) is 7.64. The van der Waals surface area contributed by atoms with Crippen LogP contribution in [0.25, 0.3) is 5.65 Å². The molecular weight excluding hydrogens is 294 g/mol. The van der Waals surface area contributed by atoms with Crippen LogP contribution in [0.2, 0.25) is 0 Å². The molecule has 0 aromatic carbocycles. The summed E-state index contributed by atoms with van der Waals surface area (Å²) in [4.78, 5) is 24.4. The summed E-state index contributed by atoms with van der Waals surface area (Å²) >= 11 is 0. The maximum absolute atomic E-state index is 12.0. The van der Waals surface area contributed by atoms with Crippen molar-refractivity contribution in [3.8, 4) is 6.07 Å². The monoisotopic (exact) mass is 313 g/mol. The van der Waals surface area contributed by atoms with Gasteiger partial charge in [-0.05, 0) is 12.3 Å². The van der Waals surface area contributed by atoms with Crippen molar-refractivity contribution in [1.29, 1.82) is 5.26 Å². The number of fused-ring (bicyclic) bond motifs is 1. The maximum Gasteiger partial charge on any atom is 0.236 e. The van der Waals surface area contributed by atoms with Crippen LogP contribution in [0.1, 0.15) is 19.8 Å². The van der Waals surface area contributed by atoms with Crippen LogP contribution in [0.5, 0.6) is 0 Å². The molecule has 2 aromatic rings. The summed E-state index contributed by atoms with van der Waals surface area (Å²) in [5, 5.41) is 13.0. The molecule has 0 aliphatic carbocycles. The first-order chi connectivity index (χ1) is 11.1. The summed E-state index contributed by atoms with van der Waals surface area (Å²) in [7, 11) is 1.96. The molecule has 1 saturated heterocycles. The standard InChI is InChI=1S/C15H19N7O/c1-11-5-8-21(14(23)3-6-16)9-12(11)20(2)15-18-10-17-13-4-7-19-22(13)15/h4,7,10-12H,3,5,8-9H2,1-2H3/t11-,12+/m1/s1. The average Bonchev–Trinajstić information content (AvgIpc) is 3.03. The van der Waals surface area contributed by atoms with Gasteiger partial charge in [-0.15, -0.1) is 0 Å². The first-order valence-electron chi connectivity index (χ1n) is 7.64. The van der Waals surface area contributed by atoms with Crippen molar-refractivity contribution in [2.45, 2.75) is 25.8 Å². The summed E-state index contributed by atoms with van der Waals surface area (Å²) < 4.78 is 1.70. The van der Waals surface area contributed by atoms with Crippen molar-refractivity contribution in [2.24, 2.45) is 5.92 Å². The van der Waals surface area contributed by atoms with E-state index >= 15 is 0 Å². The Hall–Kier alpha value is -2.69. The summed E-state index contributed by atoms with van der Waals surface area (Å²) in [6, 6.07) is 3.88. The Morgan fingerprint density at radius 3 is 3.13 bits per heavy atom. The van der Waals surface area contributed by atoms with Crippen LogP contribution in [0, 0.1) is 17.2 Å². The van der Waals surface area contributed by atoms with E-state index in [1.165, 1.54) is 6.33 Å². The van der Waals surface area contributed by atoms with Crippen LogP contribution in [0.3, 0.4) is 0 Å². The summed E-state index contributed by atoms with van der Waals surface area (Å²) in [5.74, 6) is 1.00. The van der Waals surface area contributed by atoms with Crippen LogP contribution >= 0.6 is 0 Å². The minimum atomic E-state index is -0.107. The molecule has 1 fully saturated rings. The third-order valence-electron chi connectivity index (χ3n) is 4.49. The van der Waals surface area contributed by atoms with Crippen molar-refractivity contribution >= 4 is 17.5 Å². The minimum absolute atomic E-state index is 0.0677. The van der Waals surface area contributed by atoms with E-state index in [-0.39, 0.29) is 18.4 Å². The molecule has 1 aliphatic heterocycles. The van der Waals surface area contributed by atoms with Crippen LogP contribution in [0.4, 0.5) is 5.95 Å². The molecule has 0 radical (unpaired) electrons. The van der Waals surface area contributed by atoms with Gasteiger partial charge in [-0.3, -0.25) is 4.79 Å². The largest absolute Gasteiger partial charge is 0.340 e. The third kappa shape index (κ3) is 2.82. The molecule has 23 heavy (non-hydrogen) atoms. The lowest BCUT2D eigenvalue weighted by atomic mass is 9.92. The number of nitriles is 1. The molecule has 0 N–H and O–H groups in total. The second kappa shape index (κ2) is 6.20. The quantitative estimate of drug-likeness (QED) is 0.829. The van der Waals surface area contributed by atoms with Crippen molar-refractivity contribution in [2.75, 3.05) is 25.0 Å². The van der Waals surface area contributed by atoms with Crippen LogP contribution in [-0.4, -0.2) is 56.6 Å². The highest BCUT2D eigenvalue weighted by molar-refractivity contribution is 5.78. The van der Waals surface area contributed by atoms with E-state index < -0.39 is 0 Å². The van der Waals surface area contributed by atoms with Gasteiger partial charge in [0, 0.05) is 26.2 Å². The molecule has 0 unspecified atom stereocenters. The Bertz CT molecular complexity index is 750. The second-order valence-electron chi connectivity index (χ2n) is 5.89. The molecule has 2 atom stereocenters. The summed E-state index contributed by atoms with van der Waals surface area (Å²) in [6.07, 6.45) is 4.05. The predicted octanol–water partition coefficient (Wildman–Crippen LogP) is 0.711. The number of nitrogens with zero attached hydrogens (tertiary/aromatic N) is 7. The van der Waals surface area contributed by atoms with E-state index in [4.69, 9.17) is 5.26 Å². The molecule has 0 spiro atoms.